The topological polar surface area (TPSA) is 124 Å². The number of rotatable bonds is 3. The lowest BCUT2D eigenvalue weighted by atomic mass is 10.00. The minimum absolute atomic E-state index is 0.0278. The van der Waals surface area contributed by atoms with Crippen molar-refractivity contribution in [3.63, 3.8) is 0 Å². The highest BCUT2D eigenvalue weighted by Gasteiger charge is 2.39. The van der Waals surface area contributed by atoms with Gasteiger partial charge < -0.3 is 21.2 Å². The largest absolute Gasteiger partial charge is 0.403 e. The molecule has 0 aromatic carbocycles. The molecule has 1 heterocycles. The molecule has 0 radical (unpaired) electrons. The fourth-order valence-electron chi connectivity index (χ4n) is 1.94. The first kappa shape index (κ1) is 11.6. The average Bonchev–Trinajstić information content (AvgIpc) is 2.87. The first-order valence-corrected chi connectivity index (χ1v) is 5.37. The molecule has 1 aromatic heterocycles. The van der Waals surface area contributed by atoms with Gasteiger partial charge in [-0.15, -0.1) is 0 Å². The van der Waals surface area contributed by atoms with Gasteiger partial charge in [-0.1, -0.05) is 12.8 Å². The van der Waals surface area contributed by atoms with Crippen molar-refractivity contribution in [3.05, 3.63) is 12.0 Å². The summed E-state index contributed by atoms with van der Waals surface area (Å²) in [7, 11) is 0. The van der Waals surface area contributed by atoms with E-state index in [0.717, 1.165) is 12.8 Å². The van der Waals surface area contributed by atoms with Crippen LogP contribution in [-0.4, -0.2) is 27.4 Å². The third-order valence-electron chi connectivity index (χ3n) is 2.94. The van der Waals surface area contributed by atoms with Crippen LogP contribution in [-0.2, 0) is 4.79 Å². The van der Waals surface area contributed by atoms with Gasteiger partial charge in [0.1, 0.15) is 5.54 Å². The molecule has 1 aliphatic rings. The Bertz CT molecular complexity index is 448. The molecular weight excluding hydrogens is 224 g/mol. The maximum atomic E-state index is 11.9. The van der Waals surface area contributed by atoms with Gasteiger partial charge in [0.15, 0.2) is 5.69 Å². The summed E-state index contributed by atoms with van der Waals surface area (Å²) in [5, 5.41) is 0. The molecule has 0 atom stereocenters. The quantitative estimate of drug-likeness (QED) is 0.623. The number of esters is 1. The van der Waals surface area contributed by atoms with E-state index in [1.54, 1.807) is 0 Å². The van der Waals surface area contributed by atoms with Gasteiger partial charge in [0.05, 0.1) is 6.33 Å². The summed E-state index contributed by atoms with van der Waals surface area (Å²) in [5.74, 6) is -1.41. The zero-order valence-electron chi connectivity index (χ0n) is 9.23. The van der Waals surface area contributed by atoms with E-state index in [1.165, 1.54) is 6.33 Å². The second-order valence-electron chi connectivity index (χ2n) is 4.20. The molecule has 0 aliphatic heterocycles. The number of aromatic nitrogens is 2. The van der Waals surface area contributed by atoms with Crippen molar-refractivity contribution in [2.24, 2.45) is 11.5 Å². The van der Waals surface area contributed by atoms with Gasteiger partial charge in [-0.05, 0) is 12.8 Å². The number of nitrogens with two attached hydrogens (primary N) is 2. The van der Waals surface area contributed by atoms with Crippen LogP contribution in [0.25, 0.3) is 0 Å². The van der Waals surface area contributed by atoms with E-state index in [4.69, 9.17) is 16.2 Å². The third kappa shape index (κ3) is 2.14. The predicted octanol–water partition coefficient (Wildman–Crippen LogP) is -0.315. The second kappa shape index (κ2) is 4.17. The number of amides is 1. The van der Waals surface area contributed by atoms with Gasteiger partial charge in [-0.3, -0.25) is 4.79 Å². The first-order chi connectivity index (χ1) is 8.03. The Kier molecular flexibility index (Phi) is 2.84. The van der Waals surface area contributed by atoms with E-state index < -0.39 is 17.4 Å². The number of hydrogen-bond donors (Lipinski definition) is 3. The summed E-state index contributed by atoms with van der Waals surface area (Å²) in [6.45, 7) is 0. The molecule has 0 spiro atoms. The molecule has 1 fully saturated rings. The van der Waals surface area contributed by atoms with Gasteiger partial charge in [0, 0.05) is 0 Å². The van der Waals surface area contributed by atoms with Crippen LogP contribution in [0.5, 0.6) is 5.88 Å². The van der Waals surface area contributed by atoms with Crippen LogP contribution >= 0.6 is 0 Å². The van der Waals surface area contributed by atoms with E-state index in [0.29, 0.717) is 12.8 Å². The number of ether oxygens (including phenoxy) is 1. The van der Waals surface area contributed by atoms with Crippen molar-refractivity contribution in [3.8, 4) is 5.88 Å². The van der Waals surface area contributed by atoms with Crippen LogP contribution in [0, 0.1) is 0 Å². The molecule has 7 nitrogen and oxygen atoms in total. The summed E-state index contributed by atoms with van der Waals surface area (Å²) < 4.78 is 5.03. The van der Waals surface area contributed by atoms with Crippen molar-refractivity contribution in [2.75, 3.05) is 0 Å². The lowest BCUT2D eigenvalue weighted by Gasteiger charge is -2.20. The first-order valence-electron chi connectivity index (χ1n) is 5.37. The molecule has 1 amide bonds. The number of carbonyl (C=O) groups is 2. The minimum Gasteiger partial charge on any atom is -0.403 e. The standard InChI is InChI=1S/C10H14N4O3/c11-7(15)6-8(14-5-13-6)17-9(16)10(12)3-1-2-4-10/h5H,1-4,12H2,(H2,11,15)(H,13,14). The Morgan fingerprint density at radius 3 is 2.65 bits per heavy atom. The monoisotopic (exact) mass is 238 g/mol. The molecule has 5 N–H and O–H groups in total. The highest BCUT2D eigenvalue weighted by molar-refractivity contribution is 5.94. The Labute approximate surface area is 97.5 Å². The number of H-pyrrole nitrogens is 1. The Hall–Kier alpha value is -1.89. The van der Waals surface area contributed by atoms with E-state index in [-0.39, 0.29) is 11.6 Å². The number of nitrogens with zero attached hydrogens (tertiary/aromatic N) is 1. The smallest absolute Gasteiger partial charge is 0.332 e. The van der Waals surface area contributed by atoms with Crippen LogP contribution in [0.4, 0.5) is 0 Å². The minimum atomic E-state index is -0.964. The SMILES string of the molecule is NC(=O)c1[nH]cnc1OC(=O)C1(N)CCCC1. The van der Waals surface area contributed by atoms with Crippen molar-refractivity contribution in [1.82, 2.24) is 9.97 Å². The number of aromatic amines is 1. The molecule has 92 valence electrons. The molecule has 7 heteroatoms. The molecule has 0 unspecified atom stereocenters. The molecule has 1 saturated carbocycles. The molecule has 0 bridgehead atoms. The molecule has 0 saturated heterocycles. The lowest BCUT2D eigenvalue weighted by molar-refractivity contribution is -0.140. The summed E-state index contributed by atoms with van der Waals surface area (Å²) in [6.07, 6.45) is 4.20. The zero-order valence-corrected chi connectivity index (χ0v) is 9.23. The van der Waals surface area contributed by atoms with Crippen LogP contribution in [0.15, 0.2) is 6.33 Å². The molecule has 2 rings (SSSR count). The summed E-state index contributed by atoms with van der Waals surface area (Å²) in [4.78, 5) is 29.1. The van der Waals surface area contributed by atoms with Crippen molar-refractivity contribution >= 4 is 11.9 Å². The third-order valence-corrected chi connectivity index (χ3v) is 2.94. The second-order valence-corrected chi connectivity index (χ2v) is 4.20. The number of imidazole rings is 1. The van der Waals surface area contributed by atoms with E-state index >= 15 is 0 Å². The fraction of sp³-hybridized carbons (Fsp3) is 0.500. The van der Waals surface area contributed by atoms with Gasteiger partial charge in [0.2, 0.25) is 0 Å². The molecular formula is C10H14N4O3. The summed E-state index contributed by atoms with van der Waals surface area (Å²) in [5.41, 5.74) is 10.0. The zero-order chi connectivity index (χ0) is 12.5. The Balaban J connectivity index is 2.13. The average molecular weight is 238 g/mol. The number of primary amides is 1. The number of carbonyl (C=O) groups excluding carboxylic acids is 2. The maximum Gasteiger partial charge on any atom is 0.332 e. The molecule has 1 aromatic rings. The van der Waals surface area contributed by atoms with Crippen LogP contribution in [0.1, 0.15) is 36.2 Å². The van der Waals surface area contributed by atoms with Crippen LogP contribution < -0.4 is 16.2 Å². The molecule has 1 aliphatic carbocycles. The van der Waals surface area contributed by atoms with Crippen molar-refractivity contribution in [1.29, 1.82) is 0 Å². The van der Waals surface area contributed by atoms with E-state index in [1.807, 2.05) is 0 Å². The Morgan fingerprint density at radius 2 is 2.06 bits per heavy atom. The maximum absolute atomic E-state index is 11.9. The highest BCUT2D eigenvalue weighted by atomic mass is 16.5. The highest BCUT2D eigenvalue weighted by Crippen LogP contribution is 2.29. The number of hydrogen-bond acceptors (Lipinski definition) is 5. The van der Waals surface area contributed by atoms with Crippen LogP contribution in [0.2, 0.25) is 0 Å². The summed E-state index contributed by atoms with van der Waals surface area (Å²) in [6, 6.07) is 0. The Morgan fingerprint density at radius 1 is 1.41 bits per heavy atom. The molecule has 17 heavy (non-hydrogen) atoms. The van der Waals surface area contributed by atoms with Crippen molar-refractivity contribution in [2.45, 2.75) is 31.2 Å². The van der Waals surface area contributed by atoms with Crippen molar-refractivity contribution < 1.29 is 14.3 Å². The predicted molar refractivity (Wildman–Crippen MR) is 58.1 cm³/mol. The van der Waals surface area contributed by atoms with Gasteiger partial charge >= 0.3 is 5.97 Å². The van der Waals surface area contributed by atoms with Gasteiger partial charge in [-0.2, -0.15) is 0 Å². The lowest BCUT2D eigenvalue weighted by Crippen LogP contribution is -2.48. The van der Waals surface area contributed by atoms with E-state index in [2.05, 4.69) is 9.97 Å². The number of nitrogens with one attached hydrogen (secondary N) is 1. The van der Waals surface area contributed by atoms with Crippen LogP contribution in [0.3, 0.4) is 0 Å². The van der Waals surface area contributed by atoms with Gasteiger partial charge in [0.25, 0.3) is 11.8 Å². The van der Waals surface area contributed by atoms with E-state index in [9.17, 15) is 9.59 Å². The normalized spacial score (nSPS) is 17.9. The fourth-order valence-corrected chi connectivity index (χ4v) is 1.94. The van der Waals surface area contributed by atoms with Gasteiger partial charge in [-0.25, -0.2) is 9.78 Å². The summed E-state index contributed by atoms with van der Waals surface area (Å²) >= 11 is 0.